The van der Waals surface area contributed by atoms with Gasteiger partial charge in [-0.15, -0.1) is 24.0 Å². The molecule has 1 fully saturated rings. The summed E-state index contributed by atoms with van der Waals surface area (Å²) in [5, 5.41) is 3.16. The first-order valence-corrected chi connectivity index (χ1v) is 9.04. The van der Waals surface area contributed by atoms with Gasteiger partial charge in [-0.2, -0.15) is 0 Å². The van der Waals surface area contributed by atoms with Crippen LogP contribution in [0.1, 0.15) is 35.1 Å². The summed E-state index contributed by atoms with van der Waals surface area (Å²) in [5.41, 5.74) is 12.1. The summed E-state index contributed by atoms with van der Waals surface area (Å²) >= 11 is 0. The molecule has 1 saturated heterocycles. The van der Waals surface area contributed by atoms with Crippen molar-refractivity contribution < 1.29 is 0 Å². The lowest BCUT2D eigenvalue weighted by atomic mass is 10.1. The number of aryl methyl sites for hydroxylation is 2. The Kier molecular flexibility index (Phi) is 7.90. The zero-order valence-corrected chi connectivity index (χ0v) is 18.0. The van der Waals surface area contributed by atoms with Crippen molar-refractivity contribution in [2.75, 3.05) is 18.4 Å². The van der Waals surface area contributed by atoms with Crippen molar-refractivity contribution in [1.29, 1.82) is 0 Å². The molecule has 0 aliphatic carbocycles. The third-order valence-electron chi connectivity index (χ3n) is 4.84. The SMILES string of the molecule is Cc1ccc(NC(N)=NCc2ccc(CN3CCCC3)cc2)cc1C.I. The lowest BCUT2D eigenvalue weighted by Crippen LogP contribution is -2.22. The fourth-order valence-corrected chi connectivity index (χ4v) is 3.13. The van der Waals surface area contributed by atoms with Gasteiger partial charge in [-0.3, -0.25) is 4.90 Å². The Balaban J connectivity index is 0.00000243. The molecule has 1 heterocycles. The van der Waals surface area contributed by atoms with Crippen molar-refractivity contribution in [3.05, 3.63) is 64.7 Å². The minimum Gasteiger partial charge on any atom is -0.370 e. The zero-order valence-electron chi connectivity index (χ0n) is 15.7. The maximum Gasteiger partial charge on any atom is 0.193 e. The van der Waals surface area contributed by atoms with E-state index in [9.17, 15) is 0 Å². The first-order valence-electron chi connectivity index (χ1n) is 9.04. The number of hydrogen-bond acceptors (Lipinski definition) is 2. The number of aliphatic imine (C=N–C) groups is 1. The maximum absolute atomic E-state index is 6.01. The number of anilines is 1. The Bertz CT molecular complexity index is 734. The molecule has 140 valence electrons. The minimum atomic E-state index is 0. The van der Waals surface area contributed by atoms with Gasteiger partial charge in [-0.05, 0) is 74.2 Å². The molecule has 0 saturated carbocycles. The van der Waals surface area contributed by atoms with Gasteiger partial charge in [-0.25, -0.2) is 4.99 Å². The Morgan fingerprint density at radius 1 is 1.00 bits per heavy atom. The van der Waals surface area contributed by atoms with Crippen LogP contribution in [0.2, 0.25) is 0 Å². The third-order valence-corrected chi connectivity index (χ3v) is 4.84. The number of guanidine groups is 1. The Labute approximate surface area is 173 Å². The Morgan fingerprint density at radius 2 is 1.65 bits per heavy atom. The smallest absolute Gasteiger partial charge is 0.193 e. The molecule has 1 aliphatic heterocycles. The molecule has 5 heteroatoms. The molecule has 0 radical (unpaired) electrons. The van der Waals surface area contributed by atoms with Crippen molar-refractivity contribution in [2.45, 2.75) is 39.8 Å². The molecular weight excluding hydrogens is 435 g/mol. The molecule has 26 heavy (non-hydrogen) atoms. The molecule has 2 aromatic rings. The van der Waals surface area contributed by atoms with Crippen LogP contribution in [0.15, 0.2) is 47.5 Å². The standard InChI is InChI=1S/C21H28N4.HI/c1-16-5-10-20(13-17(16)2)24-21(22)23-14-18-6-8-19(9-7-18)15-25-11-3-4-12-25;/h5-10,13H,3-4,11-12,14-15H2,1-2H3,(H3,22,23,24);1H. The molecule has 0 atom stereocenters. The van der Waals surface area contributed by atoms with E-state index < -0.39 is 0 Å². The molecule has 0 unspecified atom stereocenters. The second-order valence-corrected chi connectivity index (χ2v) is 6.93. The number of hydrogen-bond donors (Lipinski definition) is 2. The summed E-state index contributed by atoms with van der Waals surface area (Å²) < 4.78 is 0. The van der Waals surface area contributed by atoms with Crippen molar-refractivity contribution in [2.24, 2.45) is 10.7 Å². The molecule has 3 rings (SSSR count). The van der Waals surface area contributed by atoms with Crippen LogP contribution in [0.4, 0.5) is 5.69 Å². The van der Waals surface area contributed by atoms with Crippen LogP contribution in [0.5, 0.6) is 0 Å². The molecule has 0 spiro atoms. The maximum atomic E-state index is 6.01. The van der Waals surface area contributed by atoms with Gasteiger partial charge in [0.05, 0.1) is 6.54 Å². The average molecular weight is 464 g/mol. The van der Waals surface area contributed by atoms with Gasteiger partial charge in [0.1, 0.15) is 0 Å². The van der Waals surface area contributed by atoms with Crippen LogP contribution < -0.4 is 11.1 Å². The highest BCUT2D eigenvalue weighted by molar-refractivity contribution is 14.0. The van der Waals surface area contributed by atoms with Crippen LogP contribution in [0, 0.1) is 13.8 Å². The monoisotopic (exact) mass is 464 g/mol. The topological polar surface area (TPSA) is 53.6 Å². The highest BCUT2D eigenvalue weighted by Crippen LogP contribution is 2.15. The zero-order chi connectivity index (χ0) is 17.6. The number of halogens is 1. The fraction of sp³-hybridized carbons (Fsp3) is 0.381. The van der Waals surface area contributed by atoms with Gasteiger partial charge >= 0.3 is 0 Å². The highest BCUT2D eigenvalue weighted by Gasteiger charge is 2.11. The predicted octanol–water partition coefficient (Wildman–Crippen LogP) is 4.44. The molecule has 4 nitrogen and oxygen atoms in total. The molecule has 0 aromatic heterocycles. The second-order valence-electron chi connectivity index (χ2n) is 6.93. The number of nitrogens with one attached hydrogen (secondary N) is 1. The lowest BCUT2D eigenvalue weighted by molar-refractivity contribution is 0.331. The summed E-state index contributed by atoms with van der Waals surface area (Å²) in [6.07, 6.45) is 2.67. The summed E-state index contributed by atoms with van der Waals surface area (Å²) in [6.45, 7) is 8.30. The second kappa shape index (κ2) is 9.92. The van der Waals surface area contributed by atoms with Gasteiger partial charge < -0.3 is 11.1 Å². The Hall–Kier alpha value is -1.60. The van der Waals surface area contributed by atoms with Gasteiger partial charge in [0.25, 0.3) is 0 Å². The van der Waals surface area contributed by atoms with Crippen LogP contribution in [0.25, 0.3) is 0 Å². The van der Waals surface area contributed by atoms with Crippen molar-refractivity contribution in [3.8, 4) is 0 Å². The molecule has 0 bridgehead atoms. The average Bonchev–Trinajstić information content (AvgIpc) is 3.11. The summed E-state index contributed by atoms with van der Waals surface area (Å²) in [7, 11) is 0. The van der Waals surface area contributed by atoms with Crippen molar-refractivity contribution >= 4 is 35.6 Å². The number of nitrogens with two attached hydrogens (primary N) is 1. The predicted molar refractivity (Wildman–Crippen MR) is 121 cm³/mol. The number of likely N-dealkylation sites (tertiary alicyclic amines) is 1. The molecule has 1 aliphatic rings. The van der Waals surface area contributed by atoms with Gasteiger partial charge in [-0.1, -0.05) is 30.3 Å². The number of nitrogens with zero attached hydrogens (tertiary/aromatic N) is 2. The van der Waals surface area contributed by atoms with Crippen LogP contribution in [-0.2, 0) is 13.1 Å². The van der Waals surface area contributed by atoms with E-state index in [1.165, 1.54) is 48.2 Å². The van der Waals surface area contributed by atoms with E-state index in [0.717, 1.165) is 12.2 Å². The first-order chi connectivity index (χ1) is 12.1. The van der Waals surface area contributed by atoms with Gasteiger partial charge in [0.2, 0.25) is 0 Å². The summed E-state index contributed by atoms with van der Waals surface area (Å²) in [6, 6.07) is 14.9. The largest absolute Gasteiger partial charge is 0.370 e. The molecular formula is C21H29IN4. The van der Waals surface area contributed by atoms with Crippen LogP contribution >= 0.6 is 24.0 Å². The van der Waals surface area contributed by atoms with Crippen LogP contribution in [0.3, 0.4) is 0 Å². The van der Waals surface area contributed by atoms with Crippen molar-refractivity contribution in [1.82, 2.24) is 4.90 Å². The highest BCUT2D eigenvalue weighted by atomic mass is 127. The summed E-state index contributed by atoms with van der Waals surface area (Å²) in [5.74, 6) is 0.449. The van der Waals surface area contributed by atoms with E-state index >= 15 is 0 Å². The summed E-state index contributed by atoms with van der Waals surface area (Å²) in [4.78, 5) is 6.96. The van der Waals surface area contributed by atoms with Gasteiger partial charge in [0.15, 0.2) is 5.96 Å². The van der Waals surface area contributed by atoms with E-state index in [0.29, 0.717) is 12.5 Å². The third kappa shape index (κ3) is 5.99. The normalized spacial score (nSPS) is 14.9. The fourth-order valence-electron chi connectivity index (χ4n) is 3.13. The van der Waals surface area contributed by atoms with E-state index in [1.807, 2.05) is 6.07 Å². The lowest BCUT2D eigenvalue weighted by Gasteiger charge is -2.14. The number of benzene rings is 2. The van der Waals surface area contributed by atoms with E-state index in [4.69, 9.17) is 5.73 Å². The van der Waals surface area contributed by atoms with Crippen molar-refractivity contribution in [3.63, 3.8) is 0 Å². The van der Waals surface area contributed by atoms with E-state index in [-0.39, 0.29) is 24.0 Å². The molecule has 2 aromatic carbocycles. The van der Waals surface area contributed by atoms with Crippen LogP contribution in [-0.4, -0.2) is 23.9 Å². The molecule has 0 amide bonds. The van der Waals surface area contributed by atoms with Gasteiger partial charge in [0, 0.05) is 12.2 Å². The quantitative estimate of drug-likeness (QED) is 0.391. The van der Waals surface area contributed by atoms with E-state index in [1.54, 1.807) is 0 Å². The number of rotatable bonds is 5. The molecule has 3 N–H and O–H groups in total. The van der Waals surface area contributed by atoms with E-state index in [2.05, 4.69) is 65.5 Å². The minimum absolute atomic E-state index is 0. The first kappa shape index (κ1) is 20.7. The Morgan fingerprint density at radius 3 is 2.31 bits per heavy atom.